The van der Waals surface area contributed by atoms with E-state index in [4.69, 9.17) is 0 Å². The summed E-state index contributed by atoms with van der Waals surface area (Å²) in [5.41, 5.74) is 2.18. The lowest BCUT2D eigenvalue weighted by Gasteiger charge is -2.54. The lowest BCUT2D eigenvalue weighted by molar-refractivity contribution is 0.0167. The Bertz CT molecular complexity index is 403. The van der Waals surface area contributed by atoms with Crippen LogP contribution in [0.15, 0.2) is 30.3 Å². The molecular formula is C17H21+. The summed E-state index contributed by atoms with van der Waals surface area (Å²) in [6, 6.07) is 11.4. The number of benzene rings is 1. The summed E-state index contributed by atoms with van der Waals surface area (Å²) >= 11 is 0. The van der Waals surface area contributed by atoms with E-state index in [-0.39, 0.29) is 0 Å². The maximum atomic E-state index is 2.44. The average Bonchev–Trinajstić information content (AvgIpc) is 2.36. The van der Waals surface area contributed by atoms with Crippen LogP contribution >= 0.6 is 0 Å². The molecule has 0 aromatic heterocycles. The third-order valence-electron chi connectivity index (χ3n) is 5.86. The zero-order chi connectivity index (χ0) is 11.5. The highest BCUT2D eigenvalue weighted by molar-refractivity contribution is 5.32. The van der Waals surface area contributed by atoms with Crippen LogP contribution in [-0.4, -0.2) is 0 Å². The molecule has 17 heavy (non-hydrogen) atoms. The summed E-state index contributed by atoms with van der Waals surface area (Å²) in [5.74, 6) is 4.76. The van der Waals surface area contributed by atoms with Gasteiger partial charge in [0.25, 0.3) is 0 Å². The zero-order valence-corrected chi connectivity index (χ0v) is 10.7. The Balaban J connectivity index is 1.76. The van der Waals surface area contributed by atoms with E-state index < -0.39 is 0 Å². The van der Waals surface area contributed by atoms with Crippen LogP contribution in [0.3, 0.4) is 0 Å². The fraction of sp³-hybridized carbons (Fsp3) is 0.588. The summed E-state index contributed by atoms with van der Waals surface area (Å²) in [7, 11) is 0. The topological polar surface area (TPSA) is 0 Å². The molecule has 0 N–H and O–H groups in total. The van der Waals surface area contributed by atoms with Crippen LogP contribution < -0.4 is 0 Å². The van der Waals surface area contributed by atoms with Crippen molar-refractivity contribution < 1.29 is 0 Å². The maximum absolute atomic E-state index is 2.44. The van der Waals surface area contributed by atoms with Crippen LogP contribution in [0.4, 0.5) is 0 Å². The summed E-state index contributed by atoms with van der Waals surface area (Å²) < 4.78 is 0. The van der Waals surface area contributed by atoms with Crippen LogP contribution in [-0.2, 0) is 5.41 Å². The third kappa shape index (κ3) is 1.33. The van der Waals surface area contributed by atoms with Gasteiger partial charge < -0.3 is 0 Å². The van der Waals surface area contributed by atoms with E-state index in [0.717, 1.165) is 17.8 Å². The van der Waals surface area contributed by atoms with E-state index in [2.05, 4.69) is 37.3 Å². The van der Waals surface area contributed by atoms with Crippen molar-refractivity contribution in [2.75, 3.05) is 0 Å². The van der Waals surface area contributed by atoms with Gasteiger partial charge in [0.1, 0.15) is 11.8 Å². The molecule has 88 valence electrons. The Morgan fingerprint density at radius 2 is 1.65 bits per heavy atom. The fourth-order valence-electron chi connectivity index (χ4n) is 5.15. The van der Waals surface area contributed by atoms with Crippen LogP contribution in [0.25, 0.3) is 0 Å². The summed E-state index contributed by atoms with van der Waals surface area (Å²) in [6.45, 7) is 2.44. The second-order valence-corrected chi connectivity index (χ2v) is 6.73. The molecule has 5 rings (SSSR count). The molecule has 4 aliphatic rings. The third-order valence-corrected chi connectivity index (χ3v) is 5.86. The van der Waals surface area contributed by atoms with Gasteiger partial charge in [-0.15, -0.1) is 0 Å². The molecule has 4 atom stereocenters. The van der Waals surface area contributed by atoms with Gasteiger partial charge in [-0.25, -0.2) is 0 Å². The minimum absolute atomic E-state index is 0.553. The van der Waals surface area contributed by atoms with Crippen LogP contribution in [0.5, 0.6) is 0 Å². The molecule has 0 heteroatoms. The molecule has 0 heterocycles. The summed E-state index contributed by atoms with van der Waals surface area (Å²) in [5, 5.41) is 0. The predicted molar refractivity (Wildman–Crippen MR) is 70.6 cm³/mol. The van der Waals surface area contributed by atoms with E-state index in [1.807, 2.05) is 5.92 Å². The highest BCUT2D eigenvalue weighted by Gasteiger charge is 2.60. The average molecular weight is 225 g/mol. The number of rotatable bonds is 1. The van der Waals surface area contributed by atoms with E-state index in [0.29, 0.717) is 5.41 Å². The quantitative estimate of drug-likeness (QED) is 0.623. The van der Waals surface area contributed by atoms with Crippen molar-refractivity contribution in [1.82, 2.24) is 0 Å². The molecule has 1 aromatic carbocycles. The molecule has 0 spiro atoms. The van der Waals surface area contributed by atoms with Crippen molar-refractivity contribution in [1.29, 1.82) is 0 Å². The van der Waals surface area contributed by atoms with Crippen molar-refractivity contribution in [3.8, 4) is 0 Å². The van der Waals surface area contributed by atoms with Gasteiger partial charge >= 0.3 is 0 Å². The highest BCUT2D eigenvalue weighted by atomic mass is 14.6. The Kier molecular flexibility index (Phi) is 1.96. The first kappa shape index (κ1) is 10.1. The van der Waals surface area contributed by atoms with Gasteiger partial charge in [-0.1, -0.05) is 30.3 Å². The first-order valence-corrected chi connectivity index (χ1v) is 7.16. The highest BCUT2D eigenvalue weighted by Crippen LogP contribution is 2.63. The summed E-state index contributed by atoms with van der Waals surface area (Å²) in [6.07, 6.45) is 7.34. The second-order valence-electron chi connectivity index (χ2n) is 6.73. The van der Waals surface area contributed by atoms with Gasteiger partial charge in [0, 0.05) is 18.3 Å². The first-order chi connectivity index (χ1) is 8.27. The lowest BCUT2D eigenvalue weighted by atomic mass is 9.45. The van der Waals surface area contributed by atoms with E-state index >= 15 is 0 Å². The Hall–Kier alpha value is -0.910. The largest absolute Gasteiger partial charge is 0.101 e. The van der Waals surface area contributed by atoms with E-state index in [9.17, 15) is 0 Å². The molecule has 4 aliphatic carbocycles. The molecule has 0 nitrogen and oxygen atoms in total. The van der Waals surface area contributed by atoms with Crippen molar-refractivity contribution in [3.63, 3.8) is 0 Å². The van der Waals surface area contributed by atoms with Crippen molar-refractivity contribution in [2.45, 2.75) is 44.4 Å². The first-order valence-electron chi connectivity index (χ1n) is 7.16. The fourth-order valence-corrected chi connectivity index (χ4v) is 5.15. The molecular weight excluding hydrogens is 204 g/mol. The van der Waals surface area contributed by atoms with E-state index in [1.165, 1.54) is 32.1 Å². The van der Waals surface area contributed by atoms with Gasteiger partial charge in [-0.05, 0) is 30.7 Å². The van der Waals surface area contributed by atoms with E-state index in [1.54, 1.807) is 5.56 Å². The Morgan fingerprint density at radius 3 is 2.29 bits per heavy atom. The van der Waals surface area contributed by atoms with Crippen molar-refractivity contribution in [2.24, 2.45) is 17.8 Å². The predicted octanol–water partition coefficient (Wildman–Crippen LogP) is 4.36. The SMILES string of the molecule is C[C+]1[C@@H]2CC3C[C@H]1CC(c1ccccc1)(C3)C2. The zero-order valence-electron chi connectivity index (χ0n) is 10.7. The minimum atomic E-state index is 0.553. The van der Waals surface area contributed by atoms with Gasteiger partial charge in [0.15, 0.2) is 0 Å². The molecule has 2 unspecified atom stereocenters. The Morgan fingerprint density at radius 1 is 1.00 bits per heavy atom. The van der Waals surface area contributed by atoms with Gasteiger partial charge in [0.2, 0.25) is 0 Å². The maximum Gasteiger partial charge on any atom is 0.101 e. The molecule has 4 bridgehead atoms. The lowest BCUT2D eigenvalue weighted by Crippen LogP contribution is -2.51. The molecule has 0 amide bonds. The molecule has 0 aliphatic heterocycles. The van der Waals surface area contributed by atoms with Crippen molar-refractivity contribution >= 4 is 0 Å². The Labute approximate surface area is 104 Å². The molecule has 0 radical (unpaired) electrons. The monoisotopic (exact) mass is 225 g/mol. The van der Waals surface area contributed by atoms with Crippen LogP contribution in [0, 0.1) is 23.7 Å². The van der Waals surface area contributed by atoms with Gasteiger partial charge in [-0.2, -0.15) is 0 Å². The summed E-state index contributed by atoms with van der Waals surface area (Å²) in [4.78, 5) is 0. The van der Waals surface area contributed by atoms with Gasteiger partial charge in [0.05, 0.1) is 12.8 Å². The molecule has 0 saturated heterocycles. The number of hydrogen-bond acceptors (Lipinski definition) is 0. The number of hydrogen-bond donors (Lipinski definition) is 0. The minimum Gasteiger partial charge on any atom is -0.0622 e. The van der Waals surface area contributed by atoms with Crippen LogP contribution in [0.1, 0.15) is 44.6 Å². The molecule has 4 fully saturated rings. The normalized spacial score (nSPS) is 43.1. The van der Waals surface area contributed by atoms with Crippen LogP contribution in [0.2, 0.25) is 0 Å². The van der Waals surface area contributed by atoms with Gasteiger partial charge in [-0.3, -0.25) is 0 Å². The molecule has 4 saturated carbocycles. The molecule has 1 aromatic rings. The van der Waals surface area contributed by atoms with Crippen molar-refractivity contribution in [3.05, 3.63) is 41.8 Å². The standard InChI is InChI=1S/C17H21/c1-12-14-7-13-8-15(12)11-17(9-13,10-14)16-5-3-2-4-6-16/h2-6,13-15H,7-11H2,1H3/q+1/t13?,14-,15+,17?. The second kappa shape index (κ2) is 3.31. The smallest absolute Gasteiger partial charge is 0.0622 e.